The van der Waals surface area contributed by atoms with Crippen molar-refractivity contribution >= 4 is 17.4 Å². The smallest absolute Gasteiger partial charge is 0.339 e. The third kappa shape index (κ3) is 3.16. The Morgan fingerprint density at radius 2 is 1.72 bits per heavy atom. The molecular weight excluding hydrogens is 314 g/mol. The maximum Gasteiger partial charge on any atom is 0.339 e. The highest BCUT2D eigenvalue weighted by molar-refractivity contribution is 5.99. The molecule has 1 saturated heterocycles. The number of piperidine rings is 1. The molecule has 0 aromatic heterocycles. The molecule has 4 nitrogen and oxygen atoms in total. The van der Waals surface area contributed by atoms with Crippen molar-refractivity contribution in [1.82, 2.24) is 0 Å². The van der Waals surface area contributed by atoms with Gasteiger partial charge in [-0.2, -0.15) is 0 Å². The van der Waals surface area contributed by atoms with Gasteiger partial charge in [-0.3, -0.25) is 4.79 Å². The minimum absolute atomic E-state index is 0.000280. The van der Waals surface area contributed by atoms with Gasteiger partial charge in [-0.1, -0.05) is 18.2 Å². The Morgan fingerprint density at radius 3 is 2.48 bits per heavy atom. The van der Waals surface area contributed by atoms with Crippen LogP contribution in [0.25, 0.3) is 0 Å². The molecule has 2 aliphatic rings. The second-order valence-electron chi connectivity index (χ2n) is 6.70. The number of nitrogens with zero attached hydrogens (tertiary/aromatic N) is 1. The second-order valence-corrected chi connectivity index (χ2v) is 6.70. The van der Waals surface area contributed by atoms with Gasteiger partial charge in [-0.15, -0.1) is 0 Å². The summed E-state index contributed by atoms with van der Waals surface area (Å²) in [5.74, 6) is -0.339. The van der Waals surface area contributed by atoms with E-state index in [1.165, 1.54) is 24.9 Å². The fourth-order valence-electron chi connectivity index (χ4n) is 3.67. The normalized spacial score (nSPS) is 19.4. The van der Waals surface area contributed by atoms with Crippen molar-refractivity contribution in [2.75, 3.05) is 18.0 Å². The van der Waals surface area contributed by atoms with Crippen LogP contribution in [0.4, 0.5) is 5.69 Å². The number of cyclic esters (lactones) is 1. The Hall–Kier alpha value is -2.62. The van der Waals surface area contributed by atoms with Crippen molar-refractivity contribution in [1.29, 1.82) is 0 Å². The maximum atomic E-state index is 12.6. The fourth-order valence-corrected chi connectivity index (χ4v) is 3.67. The lowest BCUT2D eigenvalue weighted by atomic mass is 9.98. The molecule has 0 amide bonds. The number of fused-ring (bicyclic) bond motifs is 1. The zero-order chi connectivity index (χ0) is 17.2. The summed E-state index contributed by atoms with van der Waals surface area (Å²) in [6.07, 6.45) is 3.47. The van der Waals surface area contributed by atoms with Gasteiger partial charge in [0.1, 0.15) is 6.10 Å². The van der Waals surface area contributed by atoms with Gasteiger partial charge in [-0.05, 0) is 49.6 Å². The third-order valence-electron chi connectivity index (χ3n) is 5.06. The van der Waals surface area contributed by atoms with Crippen LogP contribution in [0.5, 0.6) is 0 Å². The van der Waals surface area contributed by atoms with Crippen molar-refractivity contribution in [2.24, 2.45) is 0 Å². The van der Waals surface area contributed by atoms with Crippen molar-refractivity contribution in [3.63, 3.8) is 0 Å². The lowest BCUT2D eigenvalue weighted by Crippen LogP contribution is -2.29. The van der Waals surface area contributed by atoms with Gasteiger partial charge in [0.25, 0.3) is 0 Å². The third-order valence-corrected chi connectivity index (χ3v) is 5.06. The van der Waals surface area contributed by atoms with E-state index in [1.807, 2.05) is 42.5 Å². The molecule has 25 heavy (non-hydrogen) atoms. The molecule has 4 heteroatoms. The Bertz CT molecular complexity index is 791. The Morgan fingerprint density at radius 1 is 1.00 bits per heavy atom. The molecule has 0 aliphatic carbocycles. The lowest BCUT2D eigenvalue weighted by molar-refractivity contribution is 0.0367. The lowest BCUT2D eigenvalue weighted by Gasteiger charge is -2.28. The first-order chi connectivity index (χ1) is 12.2. The summed E-state index contributed by atoms with van der Waals surface area (Å²) < 4.78 is 5.37. The van der Waals surface area contributed by atoms with Gasteiger partial charge in [0.2, 0.25) is 0 Å². The van der Waals surface area contributed by atoms with Gasteiger partial charge in [0.15, 0.2) is 5.78 Å². The van der Waals surface area contributed by atoms with Crippen LogP contribution in [0.15, 0.2) is 48.5 Å². The first-order valence-electron chi connectivity index (χ1n) is 8.90. The fraction of sp³-hybridized carbons (Fsp3) is 0.333. The molecule has 2 aromatic carbocycles. The number of rotatable bonds is 4. The van der Waals surface area contributed by atoms with Crippen LogP contribution < -0.4 is 4.90 Å². The summed E-state index contributed by atoms with van der Waals surface area (Å²) in [7, 11) is 0. The quantitative estimate of drug-likeness (QED) is 0.622. The standard InChI is InChI=1S/C21H21NO3/c23-19(14-20-17-6-2-3-7-18(17)21(24)25-20)15-8-10-16(11-9-15)22-12-4-1-5-13-22/h2-3,6-11,20H,1,4-5,12-14H2/t20-/m1/s1. The van der Waals surface area contributed by atoms with Gasteiger partial charge in [0, 0.05) is 29.9 Å². The average molecular weight is 335 g/mol. The number of esters is 1. The van der Waals surface area contributed by atoms with E-state index < -0.39 is 6.10 Å². The minimum Gasteiger partial charge on any atom is -0.453 e. The molecule has 0 unspecified atom stereocenters. The highest BCUT2D eigenvalue weighted by Crippen LogP contribution is 2.33. The monoisotopic (exact) mass is 335 g/mol. The van der Waals surface area contributed by atoms with Gasteiger partial charge < -0.3 is 9.64 Å². The molecule has 1 atom stereocenters. The van der Waals surface area contributed by atoms with Crippen LogP contribution in [-0.2, 0) is 4.74 Å². The topological polar surface area (TPSA) is 46.6 Å². The summed E-state index contributed by atoms with van der Waals surface area (Å²) in [6.45, 7) is 2.17. The number of hydrogen-bond acceptors (Lipinski definition) is 4. The van der Waals surface area contributed by atoms with Gasteiger partial charge in [0.05, 0.1) is 12.0 Å². The summed E-state index contributed by atoms with van der Waals surface area (Å²) in [5, 5.41) is 0. The number of Topliss-reactive ketones (excluding diaryl/α,β-unsaturated/α-hetero) is 1. The summed E-state index contributed by atoms with van der Waals surface area (Å²) in [5.41, 5.74) is 3.22. The maximum absolute atomic E-state index is 12.6. The number of ether oxygens (including phenoxy) is 1. The number of anilines is 1. The van der Waals surface area contributed by atoms with Crippen molar-refractivity contribution in [2.45, 2.75) is 31.8 Å². The first-order valence-corrected chi connectivity index (χ1v) is 8.90. The predicted octanol–water partition coefficient (Wildman–Crippen LogP) is 4.16. The van der Waals surface area contributed by atoms with Crippen LogP contribution in [0.2, 0.25) is 0 Å². The largest absolute Gasteiger partial charge is 0.453 e. The van der Waals surface area contributed by atoms with E-state index in [-0.39, 0.29) is 18.2 Å². The highest BCUT2D eigenvalue weighted by Gasteiger charge is 2.32. The summed E-state index contributed by atoms with van der Waals surface area (Å²) in [6, 6.07) is 15.1. The SMILES string of the molecule is O=C(C[C@H]1OC(=O)c2ccccc21)c1ccc(N2CCCCC2)cc1. The van der Waals surface area contributed by atoms with E-state index in [0.717, 1.165) is 18.7 Å². The molecule has 4 rings (SSSR count). The average Bonchev–Trinajstić information content (AvgIpc) is 2.98. The molecule has 0 radical (unpaired) electrons. The van der Waals surface area contributed by atoms with E-state index in [9.17, 15) is 9.59 Å². The predicted molar refractivity (Wildman–Crippen MR) is 96.1 cm³/mol. The highest BCUT2D eigenvalue weighted by atomic mass is 16.5. The zero-order valence-electron chi connectivity index (χ0n) is 14.1. The molecule has 1 fully saturated rings. The van der Waals surface area contributed by atoms with Crippen molar-refractivity contribution < 1.29 is 14.3 Å². The van der Waals surface area contributed by atoms with Gasteiger partial charge in [-0.25, -0.2) is 4.79 Å². The zero-order valence-corrected chi connectivity index (χ0v) is 14.1. The summed E-state index contributed by atoms with van der Waals surface area (Å²) >= 11 is 0. The van der Waals surface area contributed by atoms with Crippen molar-refractivity contribution in [3.8, 4) is 0 Å². The number of carbonyl (C=O) groups excluding carboxylic acids is 2. The molecule has 2 aliphatic heterocycles. The van der Waals surface area contributed by atoms with Crippen LogP contribution in [0.3, 0.4) is 0 Å². The molecule has 128 valence electrons. The molecule has 2 aromatic rings. The Labute approximate surface area is 147 Å². The number of ketones is 1. The van der Waals surface area contributed by atoms with E-state index in [1.54, 1.807) is 6.07 Å². The van der Waals surface area contributed by atoms with Crippen LogP contribution in [0, 0.1) is 0 Å². The second kappa shape index (κ2) is 6.71. The summed E-state index contributed by atoms with van der Waals surface area (Å²) in [4.78, 5) is 26.8. The van der Waals surface area contributed by atoms with E-state index in [0.29, 0.717) is 11.1 Å². The number of carbonyl (C=O) groups is 2. The van der Waals surface area contributed by atoms with Crippen LogP contribution in [-0.4, -0.2) is 24.8 Å². The molecule has 0 bridgehead atoms. The van der Waals surface area contributed by atoms with Crippen molar-refractivity contribution in [3.05, 3.63) is 65.2 Å². The molecule has 0 spiro atoms. The Balaban J connectivity index is 1.46. The first kappa shape index (κ1) is 15.9. The molecule has 2 heterocycles. The van der Waals surface area contributed by atoms with Gasteiger partial charge >= 0.3 is 5.97 Å². The van der Waals surface area contributed by atoms with Crippen LogP contribution >= 0.6 is 0 Å². The van der Waals surface area contributed by atoms with E-state index in [2.05, 4.69) is 4.90 Å². The molecule has 0 N–H and O–H groups in total. The van der Waals surface area contributed by atoms with E-state index in [4.69, 9.17) is 4.74 Å². The molecule has 0 saturated carbocycles. The number of benzene rings is 2. The molecular formula is C21H21NO3. The Kier molecular flexibility index (Phi) is 4.26. The van der Waals surface area contributed by atoms with Crippen LogP contribution in [0.1, 0.15) is 58.1 Å². The minimum atomic E-state index is -0.474. The van der Waals surface area contributed by atoms with E-state index >= 15 is 0 Å². The number of hydrogen-bond donors (Lipinski definition) is 0.